The van der Waals surface area contributed by atoms with E-state index in [0.717, 1.165) is 36.3 Å². The number of rotatable bonds is 3. The molecule has 0 radical (unpaired) electrons. The molecule has 0 aliphatic carbocycles. The third-order valence-electron chi connectivity index (χ3n) is 5.28. The van der Waals surface area contributed by atoms with Gasteiger partial charge in [-0.2, -0.15) is 0 Å². The fraction of sp³-hybridized carbons (Fsp3) is 0.381. The Labute approximate surface area is 153 Å². The van der Waals surface area contributed by atoms with Crippen molar-refractivity contribution >= 4 is 5.91 Å². The van der Waals surface area contributed by atoms with Gasteiger partial charge in [0.15, 0.2) is 0 Å². The van der Waals surface area contributed by atoms with E-state index in [-0.39, 0.29) is 23.9 Å². The topological polar surface area (TPSA) is 41.6 Å². The molecule has 2 aliphatic heterocycles. The molecule has 0 saturated heterocycles. The van der Waals surface area contributed by atoms with Crippen LogP contribution in [0.25, 0.3) is 0 Å². The van der Waals surface area contributed by atoms with E-state index >= 15 is 0 Å². The molecule has 0 saturated carbocycles. The molecular weight excluding hydrogens is 331 g/mol. The van der Waals surface area contributed by atoms with Gasteiger partial charge in [0.1, 0.15) is 17.7 Å². The van der Waals surface area contributed by atoms with E-state index in [9.17, 15) is 9.18 Å². The molecule has 2 unspecified atom stereocenters. The van der Waals surface area contributed by atoms with Crippen LogP contribution >= 0.6 is 0 Å². The van der Waals surface area contributed by atoms with Crippen LogP contribution in [0.1, 0.15) is 36.1 Å². The van der Waals surface area contributed by atoms with Crippen molar-refractivity contribution in [3.63, 3.8) is 0 Å². The van der Waals surface area contributed by atoms with Gasteiger partial charge in [-0.1, -0.05) is 24.3 Å². The summed E-state index contributed by atoms with van der Waals surface area (Å²) in [7, 11) is 0. The van der Waals surface area contributed by atoms with Crippen molar-refractivity contribution in [3.05, 3.63) is 65.0 Å². The summed E-state index contributed by atoms with van der Waals surface area (Å²) in [6, 6.07) is 13.1. The minimum atomic E-state index is -0.262. The van der Waals surface area contributed by atoms with E-state index in [1.165, 1.54) is 11.6 Å². The molecule has 2 atom stereocenters. The van der Waals surface area contributed by atoms with Crippen molar-refractivity contribution < 1.29 is 13.9 Å². The smallest absolute Gasteiger partial charge is 0.219 e. The van der Waals surface area contributed by atoms with Crippen molar-refractivity contribution in [2.24, 2.45) is 0 Å². The number of carbonyl (C=O) groups excluding carboxylic acids is 1. The van der Waals surface area contributed by atoms with Crippen LogP contribution < -0.4 is 10.1 Å². The normalized spacial score (nSPS) is 21.5. The number of carbonyl (C=O) groups is 1. The highest BCUT2D eigenvalue weighted by Crippen LogP contribution is 2.30. The SMILES string of the molecule is CC(=O)N1CCC(NCC2Cc3ccccc3O2)c2ccc(F)cc2C1. The second-order valence-electron chi connectivity index (χ2n) is 7.08. The summed E-state index contributed by atoms with van der Waals surface area (Å²) in [4.78, 5) is 13.6. The van der Waals surface area contributed by atoms with E-state index in [1.807, 2.05) is 24.3 Å². The summed E-state index contributed by atoms with van der Waals surface area (Å²) < 4.78 is 19.7. The van der Waals surface area contributed by atoms with Crippen molar-refractivity contribution in [1.29, 1.82) is 0 Å². The second kappa shape index (κ2) is 7.08. The molecule has 2 aromatic carbocycles. The zero-order valence-corrected chi connectivity index (χ0v) is 14.9. The second-order valence-corrected chi connectivity index (χ2v) is 7.08. The lowest BCUT2D eigenvalue weighted by molar-refractivity contribution is -0.129. The Balaban J connectivity index is 1.48. The summed E-state index contributed by atoms with van der Waals surface area (Å²) in [5.74, 6) is 0.725. The molecule has 1 amide bonds. The number of amides is 1. The van der Waals surface area contributed by atoms with Crippen LogP contribution in [0.3, 0.4) is 0 Å². The summed E-state index contributed by atoms with van der Waals surface area (Å²) in [5.41, 5.74) is 3.20. The highest BCUT2D eigenvalue weighted by atomic mass is 19.1. The Kier molecular flexibility index (Phi) is 4.64. The zero-order chi connectivity index (χ0) is 18.1. The Bertz CT molecular complexity index is 798. The minimum absolute atomic E-state index is 0.0236. The molecule has 2 aliphatic rings. The number of ether oxygens (including phenoxy) is 1. The molecule has 4 nitrogen and oxygen atoms in total. The monoisotopic (exact) mass is 354 g/mol. The van der Waals surface area contributed by atoms with Crippen LogP contribution in [-0.4, -0.2) is 30.0 Å². The molecule has 5 heteroatoms. The average Bonchev–Trinajstić information content (AvgIpc) is 2.95. The van der Waals surface area contributed by atoms with Gasteiger partial charge >= 0.3 is 0 Å². The van der Waals surface area contributed by atoms with Crippen molar-refractivity contribution in [1.82, 2.24) is 10.2 Å². The number of benzene rings is 2. The first kappa shape index (κ1) is 17.0. The maximum absolute atomic E-state index is 13.7. The fourth-order valence-corrected chi connectivity index (χ4v) is 3.90. The molecule has 0 aromatic heterocycles. The Morgan fingerprint density at radius 1 is 1.27 bits per heavy atom. The standard InChI is InChI=1S/C21H23FN2O2/c1-14(25)24-9-8-20(19-7-6-17(22)10-16(19)13-24)23-12-18-11-15-4-2-3-5-21(15)26-18/h2-7,10,18,20,23H,8-9,11-13H2,1H3. The van der Waals surface area contributed by atoms with Gasteiger partial charge in [-0.05, 0) is 41.3 Å². The number of para-hydroxylation sites is 1. The molecule has 0 fully saturated rings. The number of fused-ring (bicyclic) bond motifs is 2. The van der Waals surface area contributed by atoms with Gasteiger partial charge in [0, 0.05) is 39.0 Å². The summed E-state index contributed by atoms with van der Waals surface area (Å²) in [6.07, 6.45) is 1.80. The van der Waals surface area contributed by atoms with Crippen molar-refractivity contribution in [2.75, 3.05) is 13.1 Å². The number of hydrogen-bond donors (Lipinski definition) is 1. The number of halogens is 1. The summed E-state index contributed by atoms with van der Waals surface area (Å²) in [5, 5.41) is 3.59. The maximum Gasteiger partial charge on any atom is 0.219 e. The van der Waals surface area contributed by atoms with Gasteiger partial charge in [0.05, 0.1) is 0 Å². The lowest BCUT2D eigenvalue weighted by Crippen LogP contribution is -2.34. The first-order valence-electron chi connectivity index (χ1n) is 9.12. The molecule has 2 aromatic rings. The molecule has 2 heterocycles. The van der Waals surface area contributed by atoms with E-state index < -0.39 is 0 Å². The van der Waals surface area contributed by atoms with Gasteiger partial charge in [0.25, 0.3) is 0 Å². The minimum Gasteiger partial charge on any atom is -0.488 e. The molecule has 1 N–H and O–H groups in total. The van der Waals surface area contributed by atoms with Crippen LogP contribution in [0.15, 0.2) is 42.5 Å². The van der Waals surface area contributed by atoms with E-state index in [1.54, 1.807) is 17.9 Å². The van der Waals surface area contributed by atoms with E-state index in [4.69, 9.17) is 4.74 Å². The molecule has 26 heavy (non-hydrogen) atoms. The van der Waals surface area contributed by atoms with Gasteiger partial charge in [-0.3, -0.25) is 4.79 Å². The third kappa shape index (κ3) is 3.44. The largest absolute Gasteiger partial charge is 0.488 e. The van der Waals surface area contributed by atoms with Crippen LogP contribution in [0.5, 0.6) is 5.75 Å². The summed E-state index contributed by atoms with van der Waals surface area (Å²) >= 11 is 0. The third-order valence-corrected chi connectivity index (χ3v) is 5.28. The molecule has 0 spiro atoms. The zero-order valence-electron chi connectivity index (χ0n) is 14.9. The molecular formula is C21H23FN2O2. The van der Waals surface area contributed by atoms with Crippen molar-refractivity contribution in [2.45, 2.75) is 38.5 Å². The predicted octanol–water partition coefficient (Wildman–Crippen LogP) is 3.21. The molecule has 4 rings (SSSR count). The number of nitrogens with one attached hydrogen (secondary N) is 1. The van der Waals surface area contributed by atoms with Gasteiger partial charge in [-0.15, -0.1) is 0 Å². The quantitative estimate of drug-likeness (QED) is 0.920. The summed E-state index contributed by atoms with van der Waals surface area (Å²) in [6.45, 7) is 3.41. The Morgan fingerprint density at radius 3 is 2.92 bits per heavy atom. The molecule has 0 bridgehead atoms. The van der Waals surface area contributed by atoms with Crippen LogP contribution in [0.4, 0.5) is 4.39 Å². The highest BCUT2D eigenvalue weighted by molar-refractivity contribution is 5.73. The highest BCUT2D eigenvalue weighted by Gasteiger charge is 2.27. The van der Waals surface area contributed by atoms with Crippen LogP contribution in [0.2, 0.25) is 0 Å². The number of nitrogens with zero attached hydrogens (tertiary/aromatic N) is 1. The number of hydrogen-bond acceptors (Lipinski definition) is 3. The van der Waals surface area contributed by atoms with E-state index in [0.29, 0.717) is 13.1 Å². The van der Waals surface area contributed by atoms with E-state index in [2.05, 4.69) is 11.4 Å². The molecule has 136 valence electrons. The maximum atomic E-state index is 13.7. The average molecular weight is 354 g/mol. The first-order chi connectivity index (χ1) is 12.6. The van der Waals surface area contributed by atoms with Gasteiger partial charge < -0.3 is 15.0 Å². The Hall–Kier alpha value is -2.40. The fourth-order valence-electron chi connectivity index (χ4n) is 3.90. The van der Waals surface area contributed by atoms with Gasteiger partial charge in [-0.25, -0.2) is 4.39 Å². The lowest BCUT2D eigenvalue weighted by atomic mass is 9.98. The van der Waals surface area contributed by atoms with Crippen molar-refractivity contribution in [3.8, 4) is 5.75 Å². The van der Waals surface area contributed by atoms with Crippen LogP contribution in [-0.2, 0) is 17.8 Å². The van der Waals surface area contributed by atoms with Crippen LogP contribution in [0, 0.1) is 5.82 Å². The van der Waals surface area contributed by atoms with Gasteiger partial charge in [0.2, 0.25) is 5.91 Å². The lowest BCUT2D eigenvalue weighted by Gasteiger charge is -2.21. The first-order valence-corrected chi connectivity index (χ1v) is 9.12. The Morgan fingerprint density at radius 2 is 2.12 bits per heavy atom. The predicted molar refractivity (Wildman–Crippen MR) is 97.4 cm³/mol.